The van der Waals surface area contributed by atoms with Crippen molar-refractivity contribution >= 4 is 0 Å². The normalized spacial score (nSPS) is 23.5. The molecule has 2 aromatic heterocycles. The van der Waals surface area contributed by atoms with Crippen molar-refractivity contribution in [2.24, 2.45) is 0 Å². The van der Waals surface area contributed by atoms with E-state index >= 15 is 0 Å². The highest BCUT2D eigenvalue weighted by Gasteiger charge is 2.32. The van der Waals surface area contributed by atoms with Gasteiger partial charge < -0.3 is 9.42 Å². The summed E-state index contributed by atoms with van der Waals surface area (Å²) in [5, 5.41) is 8.47. The van der Waals surface area contributed by atoms with Crippen LogP contribution in [0.25, 0.3) is 0 Å². The highest BCUT2D eigenvalue weighted by Crippen LogP contribution is 2.39. The van der Waals surface area contributed by atoms with E-state index in [4.69, 9.17) is 4.52 Å². The Hall–Kier alpha value is -1.69. The van der Waals surface area contributed by atoms with Crippen molar-refractivity contribution in [2.45, 2.75) is 44.1 Å². The quantitative estimate of drug-likeness (QED) is 0.842. The molecule has 1 unspecified atom stereocenters. The molecule has 2 aromatic rings. The van der Waals surface area contributed by atoms with Gasteiger partial charge in [0.05, 0.1) is 6.54 Å². The standard InChI is InChI=1S/C15H21N5O/c1-3-13(14-17-15(21-18-14)12-4-5-12)11-19(7-1)9-10-20-8-2-6-16-20/h2,6,8,12-13H,1,3-5,7,9-11H2. The van der Waals surface area contributed by atoms with Gasteiger partial charge in [-0.3, -0.25) is 4.68 Å². The van der Waals surface area contributed by atoms with E-state index in [0.29, 0.717) is 11.8 Å². The number of rotatable bonds is 5. The Morgan fingerprint density at radius 2 is 2.14 bits per heavy atom. The first-order valence-electron chi connectivity index (χ1n) is 7.92. The van der Waals surface area contributed by atoms with Crippen LogP contribution in [0.3, 0.4) is 0 Å². The SMILES string of the molecule is c1cnn(CCN2CCCC(c3noc(C4CC4)n3)C2)c1. The maximum absolute atomic E-state index is 5.40. The van der Waals surface area contributed by atoms with Gasteiger partial charge in [-0.25, -0.2) is 0 Å². The van der Waals surface area contributed by atoms with Crippen molar-refractivity contribution in [1.29, 1.82) is 0 Å². The Kier molecular flexibility index (Phi) is 3.47. The van der Waals surface area contributed by atoms with Crippen molar-refractivity contribution in [1.82, 2.24) is 24.8 Å². The van der Waals surface area contributed by atoms with Crippen molar-refractivity contribution in [3.05, 3.63) is 30.2 Å². The minimum absolute atomic E-state index is 0.424. The van der Waals surface area contributed by atoms with E-state index in [-0.39, 0.29) is 0 Å². The summed E-state index contributed by atoms with van der Waals surface area (Å²) in [6.07, 6.45) is 8.64. The molecule has 0 spiro atoms. The van der Waals surface area contributed by atoms with Crippen LogP contribution in [0.15, 0.2) is 23.0 Å². The Balaban J connectivity index is 1.35. The Labute approximate surface area is 124 Å². The third kappa shape index (κ3) is 3.00. The molecule has 2 fully saturated rings. The molecule has 4 rings (SSSR count). The van der Waals surface area contributed by atoms with Crippen LogP contribution in [0, 0.1) is 0 Å². The fourth-order valence-corrected chi connectivity index (χ4v) is 3.06. The second-order valence-corrected chi connectivity index (χ2v) is 6.17. The van der Waals surface area contributed by atoms with E-state index in [0.717, 1.165) is 37.9 Å². The van der Waals surface area contributed by atoms with Gasteiger partial charge in [0.15, 0.2) is 5.82 Å². The summed E-state index contributed by atoms with van der Waals surface area (Å²) in [5.41, 5.74) is 0. The summed E-state index contributed by atoms with van der Waals surface area (Å²) in [5.74, 6) is 2.75. The summed E-state index contributed by atoms with van der Waals surface area (Å²) >= 11 is 0. The lowest BCUT2D eigenvalue weighted by atomic mass is 9.97. The van der Waals surface area contributed by atoms with E-state index in [1.807, 2.05) is 23.1 Å². The summed E-state index contributed by atoms with van der Waals surface area (Å²) in [7, 11) is 0. The van der Waals surface area contributed by atoms with Crippen LogP contribution < -0.4 is 0 Å². The molecule has 0 N–H and O–H groups in total. The Morgan fingerprint density at radius 3 is 2.95 bits per heavy atom. The van der Waals surface area contributed by atoms with Crippen LogP contribution in [0.1, 0.15) is 49.2 Å². The van der Waals surface area contributed by atoms with Gasteiger partial charge >= 0.3 is 0 Å². The number of hydrogen-bond donors (Lipinski definition) is 0. The third-order valence-electron chi connectivity index (χ3n) is 4.46. The number of aromatic nitrogens is 4. The van der Waals surface area contributed by atoms with Crippen molar-refractivity contribution in [2.75, 3.05) is 19.6 Å². The van der Waals surface area contributed by atoms with E-state index < -0.39 is 0 Å². The predicted molar refractivity (Wildman–Crippen MR) is 76.9 cm³/mol. The van der Waals surface area contributed by atoms with Gasteiger partial charge in [-0.1, -0.05) is 5.16 Å². The molecule has 0 radical (unpaired) electrons. The van der Waals surface area contributed by atoms with Crippen LogP contribution in [-0.4, -0.2) is 44.5 Å². The van der Waals surface area contributed by atoms with E-state index in [2.05, 4.69) is 20.1 Å². The number of hydrogen-bond acceptors (Lipinski definition) is 5. The molecular weight excluding hydrogens is 266 g/mol. The molecule has 2 aliphatic rings. The minimum Gasteiger partial charge on any atom is -0.339 e. The van der Waals surface area contributed by atoms with Gasteiger partial charge in [0.25, 0.3) is 0 Å². The van der Waals surface area contributed by atoms with Crippen LogP contribution in [0.5, 0.6) is 0 Å². The van der Waals surface area contributed by atoms with Crippen molar-refractivity contribution < 1.29 is 4.52 Å². The van der Waals surface area contributed by atoms with Crippen LogP contribution in [-0.2, 0) is 6.54 Å². The topological polar surface area (TPSA) is 60.0 Å². The van der Waals surface area contributed by atoms with Crippen LogP contribution >= 0.6 is 0 Å². The van der Waals surface area contributed by atoms with Gasteiger partial charge in [-0.2, -0.15) is 10.1 Å². The van der Waals surface area contributed by atoms with Crippen molar-refractivity contribution in [3.63, 3.8) is 0 Å². The maximum atomic E-state index is 5.40. The number of piperidine rings is 1. The Morgan fingerprint density at radius 1 is 1.19 bits per heavy atom. The fraction of sp³-hybridized carbons (Fsp3) is 0.667. The average Bonchev–Trinajstić information content (AvgIpc) is 3.05. The zero-order valence-corrected chi connectivity index (χ0v) is 12.2. The van der Waals surface area contributed by atoms with Gasteiger partial charge in [-0.15, -0.1) is 0 Å². The molecule has 1 aliphatic carbocycles. The average molecular weight is 287 g/mol. The second kappa shape index (κ2) is 5.60. The summed E-state index contributed by atoms with van der Waals surface area (Å²) in [6, 6.07) is 1.97. The van der Waals surface area contributed by atoms with E-state index in [1.165, 1.54) is 25.7 Å². The first-order valence-corrected chi connectivity index (χ1v) is 7.92. The summed E-state index contributed by atoms with van der Waals surface area (Å²) in [6.45, 7) is 4.17. The lowest BCUT2D eigenvalue weighted by Gasteiger charge is -2.31. The molecule has 112 valence electrons. The first-order chi connectivity index (χ1) is 10.4. The molecule has 0 bridgehead atoms. The smallest absolute Gasteiger partial charge is 0.229 e. The molecule has 3 heterocycles. The maximum Gasteiger partial charge on any atom is 0.229 e. The molecule has 1 aliphatic heterocycles. The van der Waals surface area contributed by atoms with Crippen LogP contribution in [0.2, 0.25) is 0 Å². The highest BCUT2D eigenvalue weighted by molar-refractivity contribution is 5.05. The number of nitrogens with zero attached hydrogens (tertiary/aromatic N) is 5. The summed E-state index contributed by atoms with van der Waals surface area (Å²) in [4.78, 5) is 7.11. The fourth-order valence-electron chi connectivity index (χ4n) is 3.06. The molecular formula is C15H21N5O. The van der Waals surface area contributed by atoms with Crippen LogP contribution in [0.4, 0.5) is 0 Å². The van der Waals surface area contributed by atoms with Gasteiger partial charge in [-0.05, 0) is 38.3 Å². The van der Waals surface area contributed by atoms with Gasteiger partial charge in [0.2, 0.25) is 5.89 Å². The molecule has 6 heteroatoms. The van der Waals surface area contributed by atoms with E-state index in [1.54, 1.807) is 0 Å². The molecule has 6 nitrogen and oxygen atoms in total. The highest BCUT2D eigenvalue weighted by atomic mass is 16.5. The zero-order valence-electron chi connectivity index (χ0n) is 12.2. The predicted octanol–water partition coefficient (Wildman–Crippen LogP) is 2.02. The molecule has 1 saturated carbocycles. The molecule has 0 aromatic carbocycles. The molecule has 1 saturated heterocycles. The lowest BCUT2D eigenvalue weighted by Crippen LogP contribution is -2.36. The largest absolute Gasteiger partial charge is 0.339 e. The lowest BCUT2D eigenvalue weighted by molar-refractivity contribution is 0.193. The molecule has 21 heavy (non-hydrogen) atoms. The second-order valence-electron chi connectivity index (χ2n) is 6.17. The Bertz CT molecular complexity index is 575. The zero-order chi connectivity index (χ0) is 14.1. The van der Waals surface area contributed by atoms with Gasteiger partial charge in [0, 0.05) is 37.3 Å². The molecule has 0 amide bonds. The third-order valence-corrected chi connectivity index (χ3v) is 4.46. The molecule has 1 atom stereocenters. The summed E-state index contributed by atoms with van der Waals surface area (Å²) < 4.78 is 7.39. The monoisotopic (exact) mass is 287 g/mol. The van der Waals surface area contributed by atoms with E-state index in [9.17, 15) is 0 Å². The van der Waals surface area contributed by atoms with Gasteiger partial charge in [0.1, 0.15) is 0 Å². The number of likely N-dealkylation sites (tertiary alicyclic amines) is 1. The first kappa shape index (κ1) is 13.0. The minimum atomic E-state index is 0.424. The van der Waals surface area contributed by atoms with Crippen molar-refractivity contribution in [3.8, 4) is 0 Å².